The predicted octanol–water partition coefficient (Wildman–Crippen LogP) is 1.72. The van der Waals surface area contributed by atoms with Gasteiger partial charge in [-0.3, -0.25) is 9.89 Å². The fraction of sp³-hybridized carbons (Fsp3) is 0.200. The number of rotatable bonds is 2. The number of hydrogen-bond donors (Lipinski definition) is 2. The highest BCUT2D eigenvalue weighted by Crippen LogP contribution is 2.20. The monoisotopic (exact) mass is 251 g/mol. The second-order valence-electron chi connectivity index (χ2n) is 3.55. The Kier molecular flexibility index (Phi) is 3.06. The molecule has 0 aliphatic rings. The molecule has 0 bridgehead atoms. The summed E-state index contributed by atoms with van der Waals surface area (Å²) in [5, 5.41) is 9.18. The fourth-order valence-corrected chi connectivity index (χ4v) is 1.41. The van der Waals surface area contributed by atoms with E-state index in [0.717, 1.165) is 5.56 Å². The van der Waals surface area contributed by atoms with E-state index in [4.69, 9.17) is 11.6 Å². The predicted molar refractivity (Wildman–Crippen MR) is 63.1 cm³/mol. The van der Waals surface area contributed by atoms with Gasteiger partial charge >= 0.3 is 0 Å². The van der Waals surface area contributed by atoms with E-state index < -0.39 is 5.91 Å². The van der Waals surface area contributed by atoms with Crippen molar-refractivity contribution in [2.45, 2.75) is 13.8 Å². The first-order valence-corrected chi connectivity index (χ1v) is 5.26. The van der Waals surface area contributed by atoms with Crippen LogP contribution in [0.25, 0.3) is 0 Å². The van der Waals surface area contributed by atoms with E-state index in [1.165, 1.54) is 0 Å². The number of nitrogens with zero attached hydrogens (tertiary/aromatic N) is 3. The van der Waals surface area contributed by atoms with Crippen LogP contribution in [0.3, 0.4) is 0 Å². The number of nitrogens with one attached hydrogen (secondary N) is 2. The normalized spacial score (nSPS) is 10.3. The summed E-state index contributed by atoms with van der Waals surface area (Å²) in [5.74, 6) is 0.215. The maximum Gasteiger partial charge on any atom is 0.295 e. The minimum Gasteiger partial charge on any atom is -0.317 e. The largest absolute Gasteiger partial charge is 0.317 e. The Morgan fingerprint density at radius 1 is 1.47 bits per heavy atom. The minimum atomic E-state index is -0.427. The molecule has 0 aromatic carbocycles. The highest BCUT2D eigenvalue weighted by molar-refractivity contribution is 6.32. The van der Waals surface area contributed by atoms with E-state index in [0.29, 0.717) is 11.5 Å². The Hall–Kier alpha value is -1.95. The molecule has 0 radical (unpaired) electrons. The molecule has 2 rings (SSSR count). The van der Waals surface area contributed by atoms with Gasteiger partial charge in [0.05, 0.1) is 5.69 Å². The number of carbonyl (C=O) groups is 1. The quantitative estimate of drug-likeness (QED) is 0.796. The summed E-state index contributed by atoms with van der Waals surface area (Å²) in [6, 6.07) is 1.73. The Bertz CT molecular complexity index is 566. The van der Waals surface area contributed by atoms with E-state index in [9.17, 15) is 4.79 Å². The minimum absolute atomic E-state index is 0.0695. The lowest BCUT2D eigenvalue weighted by Crippen LogP contribution is -2.14. The van der Waals surface area contributed by atoms with Crippen molar-refractivity contribution in [1.29, 1.82) is 0 Å². The van der Waals surface area contributed by atoms with Gasteiger partial charge < -0.3 is 5.32 Å². The van der Waals surface area contributed by atoms with E-state index in [1.54, 1.807) is 19.2 Å². The number of aryl methyl sites for hydroxylation is 2. The summed E-state index contributed by atoms with van der Waals surface area (Å²) in [6.45, 7) is 3.57. The lowest BCUT2D eigenvalue weighted by atomic mass is 10.3. The Morgan fingerprint density at radius 3 is 2.88 bits per heavy atom. The summed E-state index contributed by atoms with van der Waals surface area (Å²) < 4.78 is 0. The first-order chi connectivity index (χ1) is 8.06. The van der Waals surface area contributed by atoms with Gasteiger partial charge in [-0.05, 0) is 25.5 Å². The molecule has 2 N–H and O–H groups in total. The molecule has 2 aromatic rings. The zero-order valence-corrected chi connectivity index (χ0v) is 10.0. The van der Waals surface area contributed by atoms with Gasteiger partial charge in [-0.15, -0.1) is 5.10 Å². The van der Waals surface area contributed by atoms with Gasteiger partial charge in [-0.25, -0.2) is 9.97 Å². The van der Waals surface area contributed by atoms with Gasteiger partial charge in [0, 0.05) is 6.20 Å². The molecule has 0 saturated heterocycles. The van der Waals surface area contributed by atoms with Crippen molar-refractivity contribution in [3.8, 4) is 0 Å². The van der Waals surface area contributed by atoms with Crippen LogP contribution in [-0.2, 0) is 0 Å². The molecule has 6 nitrogen and oxygen atoms in total. The average molecular weight is 252 g/mol. The molecule has 17 heavy (non-hydrogen) atoms. The molecular weight excluding hydrogens is 242 g/mol. The van der Waals surface area contributed by atoms with Crippen LogP contribution in [-0.4, -0.2) is 26.1 Å². The molecule has 0 spiro atoms. The van der Waals surface area contributed by atoms with E-state index in [2.05, 4.69) is 25.5 Å². The second kappa shape index (κ2) is 4.50. The molecule has 1 amide bonds. The molecule has 0 atom stereocenters. The Balaban J connectivity index is 2.21. The Labute approximate surface area is 102 Å². The lowest BCUT2D eigenvalue weighted by molar-refractivity contribution is 0.101. The van der Waals surface area contributed by atoms with E-state index >= 15 is 0 Å². The van der Waals surface area contributed by atoms with Crippen molar-refractivity contribution in [2.75, 3.05) is 5.32 Å². The summed E-state index contributed by atoms with van der Waals surface area (Å²) in [6.07, 6.45) is 1.62. The standard InChI is InChI=1S/C10H10ClN5O/c1-5-3-7(8(11)12-4-5)14-10(17)9-13-6(2)15-16-9/h3-4H,1-2H3,(H,14,17)(H,13,15,16). The van der Waals surface area contributed by atoms with Gasteiger partial charge in [-0.1, -0.05) is 11.6 Å². The topological polar surface area (TPSA) is 83.6 Å². The van der Waals surface area contributed by atoms with Crippen molar-refractivity contribution in [2.24, 2.45) is 0 Å². The number of carbonyl (C=O) groups excluding carboxylic acids is 1. The number of amides is 1. The smallest absolute Gasteiger partial charge is 0.295 e. The van der Waals surface area contributed by atoms with Crippen LogP contribution < -0.4 is 5.32 Å². The van der Waals surface area contributed by atoms with Crippen molar-refractivity contribution in [3.05, 3.63) is 34.6 Å². The van der Waals surface area contributed by atoms with Crippen molar-refractivity contribution in [3.63, 3.8) is 0 Å². The number of halogens is 1. The van der Waals surface area contributed by atoms with Crippen LogP contribution in [0.2, 0.25) is 5.15 Å². The summed E-state index contributed by atoms with van der Waals surface area (Å²) in [5.41, 5.74) is 1.34. The lowest BCUT2D eigenvalue weighted by Gasteiger charge is -2.04. The molecule has 0 aliphatic heterocycles. The van der Waals surface area contributed by atoms with Crippen molar-refractivity contribution >= 4 is 23.2 Å². The van der Waals surface area contributed by atoms with E-state index in [-0.39, 0.29) is 11.0 Å². The molecule has 2 aromatic heterocycles. The number of hydrogen-bond acceptors (Lipinski definition) is 4. The van der Waals surface area contributed by atoms with Crippen LogP contribution in [0.5, 0.6) is 0 Å². The zero-order chi connectivity index (χ0) is 12.4. The van der Waals surface area contributed by atoms with Gasteiger partial charge in [-0.2, -0.15) is 0 Å². The maximum absolute atomic E-state index is 11.7. The summed E-state index contributed by atoms with van der Waals surface area (Å²) in [7, 11) is 0. The summed E-state index contributed by atoms with van der Waals surface area (Å²) >= 11 is 5.86. The van der Waals surface area contributed by atoms with Gasteiger partial charge in [0.2, 0.25) is 5.82 Å². The highest BCUT2D eigenvalue weighted by atomic mass is 35.5. The number of aromatic amines is 1. The molecule has 2 heterocycles. The summed E-state index contributed by atoms with van der Waals surface area (Å²) in [4.78, 5) is 19.6. The SMILES string of the molecule is Cc1cnc(Cl)c(NC(=O)c2n[nH]c(C)n2)c1. The first kappa shape index (κ1) is 11.5. The number of pyridine rings is 1. The first-order valence-electron chi connectivity index (χ1n) is 4.89. The molecule has 0 unspecified atom stereocenters. The van der Waals surface area contributed by atoms with Crippen LogP contribution >= 0.6 is 11.6 Å². The van der Waals surface area contributed by atoms with Crippen LogP contribution in [0, 0.1) is 13.8 Å². The third-order valence-electron chi connectivity index (χ3n) is 2.02. The van der Waals surface area contributed by atoms with Crippen molar-refractivity contribution in [1.82, 2.24) is 20.2 Å². The number of H-pyrrole nitrogens is 1. The zero-order valence-electron chi connectivity index (χ0n) is 9.28. The number of aromatic nitrogens is 4. The molecule has 0 fully saturated rings. The third kappa shape index (κ3) is 2.59. The molecule has 0 saturated carbocycles. The molecule has 88 valence electrons. The maximum atomic E-state index is 11.7. The average Bonchev–Trinajstić information content (AvgIpc) is 2.70. The van der Waals surface area contributed by atoms with Crippen LogP contribution in [0.15, 0.2) is 12.3 Å². The van der Waals surface area contributed by atoms with Gasteiger partial charge in [0.25, 0.3) is 5.91 Å². The Morgan fingerprint density at radius 2 is 2.24 bits per heavy atom. The third-order valence-corrected chi connectivity index (χ3v) is 2.33. The molecular formula is C10H10ClN5O. The highest BCUT2D eigenvalue weighted by Gasteiger charge is 2.13. The van der Waals surface area contributed by atoms with Gasteiger partial charge in [0.1, 0.15) is 5.82 Å². The molecule has 7 heteroatoms. The fourth-order valence-electron chi connectivity index (χ4n) is 1.26. The van der Waals surface area contributed by atoms with Crippen LogP contribution in [0.4, 0.5) is 5.69 Å². The molecule has 0 aliphatic carbocycles. The van der Waals surface area contributed by atoms with E-state index in [1.807, 2.05) is 6.92 Å². The van der Waals surface area contributed by atoms with Crippen LogP contribution in [0.1, 0.15) is 22.0 Å². The van der Waals surface area contributed by atoms with Gasteiger partial charge in [0.15, 0.2) is 5.15 Å². The second-order valence-corrected chi connectivity index (χ2v) is 3.91. The number of anilines is 1. The van der Waals surface area contributed by atoms with Crippen molar-refractivity contribution < 1.29 is 4.79 Å².